The van der Waals surface area contributed by atoms with E-state index in [4.69, 9.17) is 4.74 Å². The first-order chi connectivity index (χ1) is 15.1. The molecular weight excluding hydrogens is 505 g/mol. The highest BCUT2D eigenvalue weighted by atomic mass is 35.5. The van der Waals surface area contributed by atoms with Gasteiger partial charge in [0.1, 0.15) is 0 Å². The number of alkyl halides is 6. The molecule has 2 aromatic rings. The third kappa shape index (κ3) is 6.37. The molecule has 0 radical (unpaired) electrons. The van der Waals surface area contributed by atoms with E-state index in [0.717, 1.165) is 51.2 Å². The molecule has 0 amide bonds. The smallest absolute Gasteiger partial charge is 0.375 e. The Labute approximate surface area is 206 Å². The Balaban J connectivity index is 0.00000204. The number of benzene rings is 2. The molecule has 190 valence electrons. The number of piperazine rings is 1. The van der Waals surface area contributed by atoms with Gasteiger partial charge < -0.3 is 10.1 Å². The largest absolute Gasteiger partial charge is 0.416 e. The average Bonchev–Trinajstić information content (AvgIpc) is 3.13. The second-order valence-corrected chi connectivity index (χ2v) is 8.49. The maximum Gasteiger partial charge on any atom is 0.416 e. The van der Waals surface area contributed by atoms with Crippen molar-refractivity contribution in [1.29, 1.82) is 0 Å². The minimum absolute atomic E-state index is 0. The fraction of sp³-hybridized carbons (Fsp3) is 0.478. The fourth-order valence-corrected chi connectivity index (χ4v) is 4.69. The Morgan fingerprint density at radius 3 is 1.79 bits per heavy atom. The van der Waals surface area contributed by atoms with Crippen molar-refractivity contribution in [2.45, 2.75) is 37.3 Å². The lowest BCUT2D eigenvalue weighted by atomic mass is 9.93. The molecule has 1 saturated heterocycles. The van der Waals surface area contributed by atoms with E-state index < -0.39 is 23.5 Å². The van der Waals surface area contributed by atoms with Crippen LogP contribution < -0.4 is 5.32 Å². The molecule has 4 rings (SSSR count). The fourth-order valence-electron chi connectivity index (χ4n) is 4.69. The minimum Gasteiger partial charge on any atom is -0.375 e. The first-order valence-corrected chi connectivity index (χ1v) is 10.5. The van der Waals surface area contributed by atoms with Gasteiger partial charge in [0, 0.05) is 26.2 Å². The number of rotatable bonds is 5. The monoisotopic (exact) mass is 530 g/mol. The van der Waals surface area contributed by atoms with E-state index in [-0.39, 0.29) is 55.2 Å². The highest BCUT2D eigenvalue weighted by Crippen LogP contribution is 2.38. The van der Waals surface area contributed by atoms with Gasteiger partial charge in [0.15, 0.2) is 0 Å². The quantitative estimate of drug-likeness (QED) is 0.514. The highest BCUT2D eigenvalue weighted by molar-refractivity contribution is 5.85. The lowest BCUT2D eigenvalue weighted by molar-refractivity contribution is -0.143. The Bertz CT molecular complexity index is 904. The number of nitrogens with one attached hydrogen (secondary N) is 1. The van der Waals surface area contributed by atoms with Gasteiger partial charge >= 0.3 is 12.4 Å². The summed E-state index contributed by atoms with van der Waals surface area (Å²) < 4.78 is 84.7. The molecule has 1 heterocycles. The van der Waals surface area contributed by atoms with Gasteiger partial charge in [-0.15, -0.1) is 24.8 Å². The van der Waals surface area contributed by atoms with Crippen LogP contribution in [0.3, 0.4) is 0 Å². The second-order valence-electron chi connectivity index (χ2n) is 8.49. The van der Waals surface area contributed by atoms with Crippen LogP contribution in [0.5, 0.6) is 0 Å². The highest BCUT2D eigenvalue weighted by Gasteiger charge is 2.43. The summed E-state index contributed by atoms with van der Waals surface area (Å²) in [5, 5.41) is 3.30. The van der Waals surface area contributed by atoms with E-state index in [0.29, 0.717) is 0 Å². The molecular formula is C23H26Cl2F6N2O. The number of fused-ring (bicyclic) bond motifs is 1. The van der Waals surface area contributed by atoms with Gasteiger partial charge in [0.05, 0.1) is 29.9 Å². The van der Waals surface area contributed by atoms with Crippen molar-refractivity contribution in [2.24, 2.45) is 0 Å². The van der Waals surface area contributed by atoms with Crippen molar-refractivity contribution < 1.29 is 31.1 Å². The number of ether oxygens (including phenoxy) is 1. The molecule has 0 aromatic heterocycles. The normalized spacial score (nSPS) is 18.1. The van der Waals surface area contributed by atoms with Gasteiger partial charge in [0.2, 0.25) is 0 Å². The van der Waals surface area contributed by atoms with Crippen molar-refractivity contribution in [2.75, 3.05) is 32.8 Å². The number of halogens is 8. The van der Waals surface area contributed by atoms with E-state index >= 15 is 0 Å². The Hall–Kier alpha value is -1.52. The average molecular weight is 531 g/mol. The standard InChI is InChI=1S/C23H24F6N2O.2ClH/c24-22(25,26)19-9-16(10-20(11-19)23(27,28)29)14-32-15-21(31-7-5-30-6-8-31)12-17-3-1-2-4-18(17)13-21;;/h1-4,9-11,30H,5-8,12-15H2;2*1H. The predicted octanol–water partition coefficient (Wildman–Crippen LogP) is 5.53. The molecule has 1 N–H and O–H groups in total. The zero-order valence-corrected chi connectivity index (χ0v) is 19.8. The van der Waals surface area contributed by atoms with Crippen molar-refractivity contribution in [3.63, 3.8) is 0 Å². The molecule has 1 aliphatic carbocycles. The Morgan fingerprint density at radius 2 is 1.32 bits per heavy atom. The zero-order valence-electron chi connectivity index (χ0n) is 18.1. The van der Waals surface area contributed by atoms with Crippen molar-refractivity contribution in [3.05, 3.63) is 70.3 Å². The molecule has 3 nitrogen and oxygen atoms in total. The van der Waals surface area contributed by atoms with Crippen LogP contribution in [-0.4, -0.2) is 43.2 Å². The third-order valence-corrected chi connectivity index (χ3v) is 6.23. The van der Waals surface area contributed by atoms with Crippen LogP contribution in [0.25, 0.3) is 0 Å². The van der Waals surface area contributed by atoms with Crippen molar-refractivity contribution in [3.8, 4) is 0 Å². The van der Waals surface area contributed by atoms with Crippen LogP contribution in [0.15, 0.2) is 42.5 Å². The SMILES string of the molecule is Cl.Cl.FC(F)(F)c1cc(COCC2(N3CCNCC3)Cc3ccccc3C2)cc(C(F)(F)F)c1. The lowest BCUT2D eigenvalue weighted by Crippen LogP contribution is -2.59. The van der Waals surface area contributed by atoms with Gasteiger partial charge in [-0.1, -0.05) is 24.3 Å². The van der Waals surface area contributed by atoms with Gasteiger partial charge in [-0.05, 0) is 47.7 Å². The van der Waals surface area contributed by atoms with Gasteiger partial charge in [0.25, 0.3) is 0 Å². The maximum atomic E-state index is 13.1. The molecule has 2 aliphatic rings. The molecule has 1 fully saturated rings. The Morgan fingerprint density at radius 1 is 0.824 bits per heavy atom. The summed E-state index contributed by atoms with van der Waals surface area (Å²) in [7, 11) is 0. The van der Waals surface area contributed by atoms with Crippen LogP contribution in [0.4, 0.5) is 26.3 Å². The second kappa shape index (κ2) is 11.0. The molecule has 11 heteroatoms. The maximum absolute atomic E-state index is 13.1. The van der Waals surface area contributed by atoms with Gasteiger partial charge in [-0.25, -0.2) is 0 Å². The summed E-state index contributed by atoms with van der Waals surface area (Å²) in [6.07, 6.45) is -8.27. The van der Waals surface area contributed by atoms with Gasteiger partial charge in [-0.2, -0.15) is 26.3 Å². The number of nitrogens with zero attached hydrogens (tertiary/aromatic N) is 1. The topological polar surface area (TPSA) is 24.5 Å². The third-order valence-electron chi connectivity index (χ3n) is 6.23. The lowest BCUT2D eigenvalue weighted by Gasteiger charge is -2.43. The van der Waals surface area contributed by atoms with E-state index in [1.54, 1.807) is 0 Å². The minimum atomic E-state index is -4.87. The predicted molar refractivity (Wildman–Crippen MR) is 122 cm³/mol. The molecule has 0 unspecified atom stereocenters. The van der Waals surface area contributed by atoms with Crippen LogP contribution in [0.2, 0.25) is 0 Å². The summed E-state index contributed by atoms with van der Waals surface area (Å²) in [5.74, 6) is 0. The summed E-state index contributed by atoms with van der Waals surface area (Å²) in [4.78, 5) is 2.33. The first kappa shape index (κ1) is 28.7. The molecule has 0 spiro atoms. The van der Waals surface area contributed by atoms with E-state index in [1.807, 2.05) is 12.1 Å². The summed E-state index contributed by atoms with van der Waals surface area (Å²) in [5.41, 5.74) is -0.744. The molecule has 2 aromatic carbocycles. The van der Waals surface area contributed by atoms with Crippen molar-refractivity contribution >= 4 is 24.8 Å². The molecule has 34 heavy (non-hydrogen) atoms. The Kier molecular flexibility index (Phi) is 9.32. The van der Waals surface area contributed by atoms with Crippen LogP contribution in [-0.2, 0) is 36.5 Å². The summed E-state index contributed by atoms with van der Waals surface area (Å²) in [6, 6.07) is 9.65. The summed E-state index contributed by atoms with van der Waals surface area (Å²) >= 11 is 0. The number of hydrogen-bond acceptors (Lipinski definition) is 3. The molecule has 0 bridgehead atoms. The number of hydrogen-bond donors (Lipinski definition) is 1. The van der Waals surface area contributed by atoms with E-state index in [9.17, 15) is 26.3 Å². The van der Waals surface area contributed by atoms with Crippen LogP contribution in [0, 0.1) is 0 Å². The summed E-state index contributed by atoms with van der Waals surface area (Å²) in [6.45, 7) is 3.15. The van der Waals surface area contributed by atoms with E-state index in [2.05, 4.69) is 22.3 Å². The molecule has 0 atom stereocenters. The van der Waals surface area contributed by atoms with E-state index in [1.165, 1.54) is 11.1 Å². The van der Waals surface area contributed by atoms with Crippen molar-refractivity contribution in [1.82, 2.24) is 10.2 Å². The van der Waals surface area contributed by atoms with Crippen LogP contribution in [0.1, 0.15) is 27.8 Å². The molecule has 1 aliphatic heterocycles. The van der Waals surface area contributed by atoms with Gasteiger partial charge in [-0.3, -0.25) is 4.90 Å². The van der Waals surface area contributed by atoms with Crippen LogP contribution >= 0.6 is 24.8 Å². The zero-order chi connectivity index (χ0) is 23.0. The first-order valence-electron chi connectivity index (χ1n) is 10.5. The molecule has 0 saturated carbocycles.